The fourth-order valence-corrected chi connectivity index (χ4v) is 3.19. The molecule has 2 heterocycles. The zero-order chi connectivity index (χ0) is 17.4. The summed E-state index contributed by atoms with van der Waals surface area (Å²) in [5.74, 6) is 1.82. The molecule has 0 radical (unpaired) electrons. The van der Waals surface area contributed by atoms with Crippen LogP contribution in [0.1, 0.15) is 36.6 Å². The molecular weight excluding hydrogens is 371 g/mol. The predicted octanol–water partition coefficient (Wildman–Crippen LogP) is 5.30. The van der Waals surface area contributed by atoms with Crippen molar-refractivity contribution in [3.05, 3.63) is 63.3 Å². The van der Waals surface area contributed by atoms with Crippen molar-refractivity contribution in [2.75, 3.05) is 4.90 Å². The Morgan fingerprint density at radius 3 is 2.71 bits per heavy atom. The van der Waals surface area contributed by atoms with Gasteiger partial charge in [0, 0.05) is 11.8 Å². The van der Waals surface area contributed by atoms with E-state index in [1.54, 1.807) is 24.4 Å². The van der Waals surface area contributed by atoms with Crippen molar-refractivity contribution >= 4 is 39.3 Å². The van der Waals surface area contributed by atoms with Gasteiger partial charge in [0.05, 0.1) is 21.5 Å². The fourth-order valence-electron chi connectivity index (χ4n) is 2.86. The van der Waals surface area contributed by atoms with Gasteiger partial charge in [-0.3, -0.25) is 9.88 Å². The predicted molar refractivity (Wildman–Crippen MR) is 97.5 cm³/mol. The number of hydrogen-bond donors (Lipinski definition) is 0. The fraction of sp³-hybridized carbons (Fsp3) is 0.211. The highest BCUT2D eigenvalue weighted by molar-refractivity contribution is 9.10. The molecule has 0 fully saturated rings. The van der Waals surface area contributed by atoms with Crippen LogP contribution in [0.5, 0.6) is 0 Å². The van der Waals surface area contributed by atoms with Gasteiger partial charge < -0.3 is 0 Å². The standard InChI is InChI=1S/C19H16BrFN2O/c1-11(2)18-19(12(3)6-7-22-18)23-14(10-24)5-4-13-8-16(21)15(20)9-17(13)23/h4-9,11H,1-3H3. The molecule has 1 aliphatic rings. The second-order valence-corrected chi connectivity index (χ2v) is 6.85. The number of rotatable bonds is 2. The average Bonchev–Trinajstić information content (AvgIpc) is 2.55. The lowest BCUT2D eigenvalue weighted by atomic mass is 9.99. The number of halogens is 2. The molecular formula is C19H16BrFN2O. The van der Waals surface area contributed by atoms with Crippen LogP contribution in [0.25, 0.3) is 6.08 Å². The van der Waals surface area contributed by atoms with Gasteiger partial charge in [0.1, 0.15) is 11.5 Å². The Kier molecular flexibility index (Phi) is 4.39. The second kappa shape index (κ2) is 6.34. The Hall–Kier alpha value is -2.23. The molecule has 122 valence electrons. The maximum atomic E-state index is 13.9. The van der Waals surface area contributed by atoms with Crippen molar-refractivity contribution in [3.63, 3.8) is 0 Å². The number of fused-ring (bicyclic) bond motifs is 1. The van der Waals surface area contributed by atoms with Crippen LogP contribution in [0.3, 0.4) is 0 Å². The van der Waals surface area contributed by atoms with Gasteiger partial charge in [0.2, 0.25) is 0 Å². The van der Waals surface area contributed by atoms with E-state index in [1.165, 1.54) is 6.07 Å². The summed E-state index contributed by atoms with van der Waals surface area (Å²) in [5.41, 5.74) is 4.51. The molecule has 1 aliphatic heterocycles. The first-order valence-corrected chi connectivity index (χ1v) is 8.41. The van der Waals surface area contributed by atoms with Crippen molar-refractivity contribution in [2.24, 2.45) is 0 Å². The smallest absolute Gasteiger partial charge is 0.151 e. The quantitative estimate of drug-likeness (QED) is 0.656. The topological polar surface area (TPSA) is 33.2 Å². The van der Waals surface area contributed by atoms with E-state index in [2.05, 4.69) is 34.8 Å². The molecule has 2 aromatic rings. The molecule has 3 rings (SSSR count). The third kappa shape index (κ3) is 2.70. The molecule has 0 amide bonds. The lowest BCUT2D eigenvalue weighted by Gasteiger charge is -2.32. The van der Waals surface area contributed by atoms with E-state index >= 15 is 0 Å². The zero-order valence-corrected chi connectivity index (χ0v) is 15.2. The van der Waals surface area contributed by atoms with Crippen molar-refractivity contribution in [2.45, 2.75) is 26.7 Å². The first-order valence-electron chi connectivity index (χ1n) is 7.62. The maximum absolute atomic E-state index is 13.9. The van der Waals surface area contributed by atoms with Crippen LogP contribution in [-0.4, -0.2) is 10.9 Å². The summed E-state index contributed by atoms with van der Waals surface area (Å²) < 4.78 is 14.3. The Morgan fingerprint density at radius 2 is 2.04 bits per heavy atom. The molecule has 24 heavy (non-hydrogen) atoms. The lowest BCUT2D eigenvalue weighted by Crippen LogP contribution is -2.22. The van der Waals surface area contributed by atoms with E-state index in [0.717, 1.165) is 22.6 Å². The number of aryl methyl sites for hydroxylation is 1. The SMILES string of the molecule is Cc1ccnc(C(C)C)c1N1C(=C=O)C=Cc2cc(F)c(Br)cc21. The molecule has 1 aromatic carbocycles. The number of hydrogen-bond acceptors (Lipinski definition) is 3. The first kappa shape index (κ1) is 16.6. The molecule has 0 N–H and O–H groups in total. The van der Waals surface area contributed by atoms with Crippen LogP contribution < -0.4 is 4.90 Å². The highest BCUT2D eigenvalue weighted by Crippen LogP contribution is 2.42. The summed E-state index contributed by atoms with van der Waals surface area (Å²) in [5, 5.41) is 0. The lowest BCUT2D eigenvalue weighted by molar-refractivity contribution is 0.567. The van der Waals surface area contributed by atoms with Crippen LogP contribution in [0, 0.1) is 12.7 Å². The highest BCUT2D eigenvalue weighted by Gasteiger charge is 2.26. The number of aromatic nitrogens is 1. The summed E-state index contributed by atoms with van der Waals surface area (Å²) in [4.78, 5) is 17.8. The minimum Gasteiger partial charge on any atom is -0.298 e. The normalized spacial score (nSPS) is 13.2. The van der Waals surface area contributed by atoms with Gasteiger partial charge >= 0.3 is 0 Å². The third-order valence-electron chi connectivity index (χ3n) is 4.00. The summed E-state index contributed by atoms with van der Waals surface area (Å²) in [6, 6.07) is 5.04. The van der Waals surface area contributed by atoms with E-state index < -0.39 is 0 Å². The molecule has 1 aromatic heterocycles. The molecule has 0 spiro atoms. The molecule has 0 saturated carbocycles. The molecule has 3 nitrogen and oxygen atoms in total. The molecule has 5 heteroatoms. The monoisotopic (exact) mass is 386 g/mol. The summed E-state index contributed by atoms with van der Waals surface area (Å²) >= 11 is 3.23. The highest BCUT2D eigenvalue weighted by atomic mass is 79.9. The van der Waals surface area contributed by atoms with Gasteiger partial charge in [-0.05, 0) is 64.7 Å². The maximum Gasteiger partial charge on any atom is 0.151 e. The van der Waals surface area contributed by atoms with Crippen LogP contribution in [0.2, 0.25) is 0 Å². The van der Waals surface area contributed by atoms with Crippen molar-refractivity contribution < 1.29 is 9.18 Å². The van der Waals surface area contributed by atoms with E-state index in [4.69, 9.17) is 0 Å². The van der Waals surface area contributed by atoms with E-state index in [0.29, 0.717) is 15.7 Å². The van der Waals surface area contributed by atoms with E-state index in [9.17, 15) is 9.18 Å². The second-order valence-electron chi connectivity index (χ2n) is 6.00. The number of anilines is 2. The van der Waals surface area contributed by atoms with Gasteiger partial charge in [-0.25, -0.2) is 9.18 Å². The van der Waals surface area contributed by atoms with Crippen LogP contribution >= 0.6 is 15.9 Å². The van der Waals surface area contributed by atoms with Gasteiger partial charge in [-0.2, -0.15) is 0 Å². The summed E-state index contributed by atoms with van der Waals surface area (Å²) in [7, 11) is 0. The first-order chi connectivity index (χ1) is 11.4. The van der Waals surface area contributed by atoms with Crippen LogP contribution in [-0.2, 0) is 4.79 Å². The van der Waals surface area contributed by atoms with Gasteiger partial charge in [0.15, 0.2) is 5.94 Å². The minimum atomic E-state index is -0.344. The molecule has 0 unspecified atom stereocenters. The third-order valence-corrected chi connectivity index (χ3v) is 4.61. The molecule has 0 aliphatic carbocycles. The summed E-state index contributed by atoms with van der Waals surface area (Å²) in [6.45, 7) is 6.08. The van der Waals surface area contributed by atoms with E-state index in [1.807, 2.05) is 23.8 Å². The van der Waals surface area contributed by atoms with Crippen molar-refractivity contribution in [1.82, 2.24) is 4.98 Å². The van der Waals surface area contributed by atoms with Gasteiger partial charge in [0.25, 0.3) is 0 Å². The Bertz CT molecular complexity index is 898. The molecule has 0 bridgehead atoms. The van der Waals surface area contributed by atoms with Crippen molar-refractivity contribution in [1.29, 1.82) is 0 Å². The number of allylic oxidation sites excluding steroid dienone is 1. The van der Waals surface area contributed by atoms with Crippen molar-refractivity contribution in [3.8, 4) is 0 Å². The van der Waals surface area contributed by atoms with Crippen LogP contribution in [0.15, 0.2) is 40.6 Å². The number of carbonyl (C=O) groups excluding carboxylic acids is 1. The Labute approximate surface area is 148 Å². The number of benzene rings is 1. The average molecular weight is 387 g/mol. The Balaban J connectivity index is 2.34. The van der Waals surface area contributed by atoms with E-state index in [-0.39, 0.29) is 11.7 Å². The summed E-state index contributed by atoms with van der Waals surface area (Å²) in [6.07, 6.45) is 5.14. The zero-order valence-electron chi connectivity index (χ0n) is 13.6. The number of nitrogens with zero attached hydrogens (tertiary/aromatic N) is 2. The Morgan fingerprint density at radius 1 is 1.29 bits per heavy atom. The van der Waals surface area contributed by atoms with Crippen LogP contribution in [0.4, 0.5) is 15.8 Å². The largest absolute Gasteiger partial charge is 0.298 e. The molecule has 0 atom stereocenters. The number of pyridine rings is 1. The molecule has 0 saturated heterocycles. The van der Waals surface area contributed by atoms with Gasteiger partial charge in [-0.15, -0.1) is 0 Å². The van der Waals surface area contributed by atoms with Gasteiger partial charge in [-0.1, -0.05) is 13.8 Å². The minimum absolute atomic E-state index is 0.172.